The lowest BCUT2D eigenvalue weighted by molar-refractivity contribution is -0.136. The van der Waals surface area contributed by atoms with Gasteiger partial charge in [-0.05, 0) is 49.4 Å². The Morgan fingerprint density at radius 2 is 1.07 bits per heavy atom. The van der Waals surface area contributed by atoms with Crippen LogP contribution in [-0.2, 0) is 28.8 Å². The van der Waals surface area contributed by atoms with Gasteiger partial charge in [-0.25, -0.2) is 0 Å². The largest absolute Gasteiger partial charge is 0.354 e. The highest BCUT2D eigenvalue weighted by molar-refractivity contribution is 6.03. The van der Waals surface area contributed by atoms with Crippen LogP contribution in [0.2, 0.25) is 0 Å². The van der Waals surface area contributed by atoms with E-state index < -0.39 is 54.1 Å². The molecule has 11 heteroatoms. The molecule has 4 atom stereocenters. The van der Waals surface area contributed by atoms with E-state index in [2.05, 4.69) is 26.6 Å². The number of amides is 5. The lowest BCUT2D eigenvalue weighted by Crippen LogP contribution is -2.58. The summed E-state index contributed by atoms with van der Waals surface area (Å²) >= 11 is 0. The molecule has 0 aliphatic heterocycles. The van der Waals surface area contributed by atoms with E-state index in [1.165, 1.54) is 0 Å². The van der Waals surface area contributed by atoms with Crippen molar-refractivity contribution in [2.45, 2.75) is 126 Å². The molecule has 5 amide bonds. The van der Waals surface area contributed by atoms with Crippen molar-refractivity contribution in [3.8, 4) is 0 Å². The molecule has 0 rings (SSSR count). The Morgan fingerprint density at radius 3 is 1.55 bits per heavy atom. The van der Waals surface area contributed by atoms with Crippen LogP contribution >= 0.6 is 0 Å². The van der Waals surface area contributed by atoms with Gasteiger partial charge in [0.05, 0.1) is 12.5 Å². The summed E-state index contributed by atoms with van der Waals surface area (Å²) in [5.41, 5.74) is 0. The third kappa shape index (κ3) is 15.9. The minimum absolute atomic E-state index is 0.0292. The van der Waals surface area contributed by atoms with E-state index in [4.69, 9.17) is 0 Å². The quantitative estimate of drug-likeness (QED) is 0.144. The van der Waals surface area contributed by atoms with Gasteiger partial charge >= 0.3 is 0 Å². The molecule has 0 aromatic rings. The average molecular weight is 596 g/mol. The van der Waals surface area contributed by atoms with Crippen molar-refractivity contribution >= 4 is 35.3 Å². The molecule has 0 radical (unpaired) electrons. The topological polar surface area (TPSA) is 163 Å². The third-order valence-corrected chi connectivity index (χ3v) is 6.64. The number of hydrogen-bond donors (Lipinski definition) is 5. The van der Waals surface area contributed by atoms with E-state index in [0.717, 1.165) is 6.42 Å². The second-order valence-electron chi connectivity index (χ2n) is 13.2. The SMILES string of the molecule is CC(C)CCNC(=O)[C@H](C)NC(=O)CC(=O)[C@H](CC(C)C)NC(=O)[C@@H](NC(=O)[C@@H](NC(=O)CC(C)C)C(C)C)C(C)C. The van der Waals surface area contributed by atoms with Crippen LogP contribution in [0.3, 0.4) is 0 Å². The number of ketones is 1. The van der Waals surface area contributed by atoms with Crippen molar-refractivity contribution in [1.29, 1.82) is 0 Å². The summed E-state index contributed by atoms with van der Waals surface area (Å²) in [5.74, 6) is -2.66. The molecule has 0 aromatic carbocycles. The Morgan fingerprint density at radius 1 is 0.548 bits per heavy atom. The van der Waals surface area contributed by atoms with Crippen molar-refractivity contribution in [2.75, 3.05) is 6.54 Å². The molecule has 0 aromatic heterocycles. The maximum Gasteiger partial charge on any atom is 0.243 e. The molecular weight excluding hydrogens is 538 g/mol. The predicted octanol–water partition coefficient (Wildman–Crippen LogP) is 2.47. The van der Waals surface area contributed by atoms with Gasteiger partial charge in [-0.1, -0.05) is 69.2 Å². The summed E-state index contributed by atoms with van der Waals surface area (Å²) in [6, 6.07) is -3.56. The number of hydrogen-bond acceptors (Lipinski definition) is 6. The number of nitrogens with one attached hydrogen (secondary N) is 5. The third-order valence-electron chi connectivity index (χ3n) is 6.64. The summed E-state index contributed by atoms with van der Waals surface area (Å²) < 4.78 is 0. The first kappa shape index (κ1) is 39.0. The van der Waals surface area contributed by atoms with Crippen LogP contribution in [0.15, 0.2) is 0 Å². The van der Waals surface area contributed by atoms with E-state index in [-0.39, 0.29) is 41.9 Å². The predicted molar refractivity (Wildman–Crippen MR) is 164 cm³/mol. The van der Waals surface area contributed by atoms with Gasteiger partial charge in [0, 0.05) is 13.0 Å². The summed E-state index contributed by atoms with van der Waals surface area (Å²) in [4.78, 5) is 76.9. The Kier molecular flexibility index (Phi) is 17.9. The molecule has 11 nitrogen and oxygen atoms in total. The molecule has 0 saturated carbocycles. The smallest absolute Gasteiger partial charge is 0.243 e. The minimum Gasteiger partial charge on any atom is -0.354 e. The fourth-order valence-electron chi connectivity index (χ4n) is 4.20. The van der Waals surface area contributed by atoms with Crippen LogP contribution in [0.25, 0.3) is 0 Å². The van der Waals surface area contributed by atoms with Gasteiger partial charge < -0.3 is 26.6 Å². The fourth-order valence-corrected chi connectivity index (χ4v) is 4.20. The van der Waals surface area contributed by atoms with Gasteiger partial charge in [-0.2, -0.15) is 0 Å². The molecule has 0 aliphatic rings. The average Bonchev–Trinajstić information content (AvgIpc) is 2.83. The van der Waals surface area contributed by atoms with Crippen LogP contribution in [-0.4, -0.2) is 66.0 Å². The number of carbonyl (C=O) groups is 6. The van der Waals surface area contributed by atoms with E-state index in [1.807, 2.05) is 55.4 Å². The maximum absolute atomic E-state index is 13.4. The second kappa shape index (κ2) is 19.3. The minimum atomic E-state index is -0.966. The molecular formula is C31H57N5O6. The lowest BCUT2D eigenvalue weighted by Gasteiger charge is -2.29. The molecule has 242 valence electrons. The first-order valence-corrected chi connectivity index (χ1v) is 15.3. The van der Waals surface area contributed by atoms with E-state index in [0.29, 0.717) is 18.9 Å². The first-order valence-electron chi connectivity index (χ1n) is 15.3. The van der Waals surface area contributed by atoms with Crippen LogP contribution in [0.1, 0.15) is 102 Å². The number of rotatable bonds is 19. The Labute approximate surface area is 252 Å². The molecule has 0 fully saturated rings. The van der Waals surface area contributed by atoms with Crippen LogP contribution in [0.4, 0.5) is 0 Å². The molecule has 0 bridgehead atoms. The molecule has 0 heterocycles. The van der Waals surface area contributed by atoms with Gasteiger partial charge in [-0.3, -0.25) is 28.8 Å². The zero-order valence-corrected chi connectivity index (χ0v) is 27.7. The van der Waals surface area contributed by atoms with Gasteiger partial charge in [-0.15, -0.1) is 0 Å². The van der Waals surface area contributed by atoms with Gasteiger partial charge in [0.1, 0.15) is 18.1 Å². The molecule has 0 aliphatic carbocycles. The zero-order chi connectivity index (χ0) is 32.7. The van der Waals surface area contributed by atoms with E-state index in [1.54, 1.807) is 20.8 Å². The van der Waals surface area contributed by atoms with Crippen molar-refractivity contribution in [1.82, 2.24) is 26.6 Å². The maximum atomic E-state index is 13.4. The van der Waals surface area contributed by atoms with Crippen molar-refractivity contribution < 1.29 is 28.8 Å². The fraction of sp³-hybridized carbons (Fsp3) is 0.806. The Balaban J connectivity index is 5.45. The highest BCUT2D eigenvalue weighted by atomic mass is 16.2. The van der Waals surface area contributed by atoms with Crippen molar-refractivity contribution in [3.63, 3.8) is 0 Å². The monoisotopic (exact) mass is 595 g/mol. The van der Waals surface area contributed by atoms with Gasteiger partial charge in [0.15, 0.2) is 5.78 Å². The van der Waals surface area contributed by atoms with Crippen LogP contribution in [0.5, 0.6) is 0 Å². The molecule has 0 unspecified atom stereocenters. The lowest BCUT2D eigenvalue weighted by atomic mass is 9.96. The highest BCUT2D eigenvalue weighted by Gasteiger charge is 2.33. The summed E-state index contributed by atoms with van der Waals surface area (Å²) in [5, 5.41) is 13.6. The standard InChI is InChI=1S/C31H57N5O6/c1-17(2)12-13-32-29(40)22(11)33-26(39)16-24(37)23(14-18(3)4)34-30(41)28(21(9)10)36-31(42)27(20(7)8)35-25(38)15-19(5)6/h17-23,27-28H,12-16H2,1-11H3,(H,32,40)(H,33,39)(H,34,41)(H,35,38)(H,36,42)/t22-,23-,27-,28-/m0/s1. The number of Topliss-reactive ketones (excluding diaryl/α,β-unsaturated/α-hetero) is 1. The molecule has 5 N–H and O–H groups in total. The van der Waals surface area contributed by atoms with Gasteiger partial charge in [0.2, 0.25) is 29.5 Å². The molecule has 0 spiro atoms. The number of carbonyl (C=O) groups excluding carboxylic acids is 6. The van der Waals surface area contributed by atoms with Crippen molar-refractivity contribution in [3.05, 3.63) is 0 Å². The Hall–Kier alpha value is -2.98. The van der Waals surface area contributed by atoms with Crippen LogP contribution in [0, 0.1) is 29.6 Å². The highest BCUT2D eigenvalue weighted by Crippen LogP contribution is 2.12. The van der Waals surface area contributed by atoms with E-state index >= 15 is 0 Å². The second-order valence-corrected chi connectivity index (χ2v) is 13.2. The summed E-state index contributed by atoms with van der Waals surface area (Å²) in [7, 11) is 0. The first-order chi connectivity index (χ1) is 19.3. The van der Waals surface area contributed by atoms with Crippen molar-refractivity contribution in [2.24, 2.45) is 29.6 Å². The summed E-state index contributed by atoms with van der Waals surface area (Å²) in [6.45, 7) is 20.9. The van der Waals surface area contributed by atoms with Crippen LogP contribution < -0.4 is 26.6 Å². The molecule has 42 heavy (non-hydrogen) atoms. The van der Waals surface area contributed by atoms with Gasteiger partial charge in [0.25, 0.3) is 0 Å². The zero-order valence-electron chi connectivity index (χ0n) is 27.7. The molecule has 0 saturated heterocycles. The normalized spacial score (nSPS) is 14.4. The Bertz CT molecular complexity index is 915. The summed E-state index contributed by atoms with van der Waals surface area (Å²) in [6.07, 6.45) is 0.877. The van der Waals surface area contributed by atoms with E-state index in [9.17, 15) is 28.8 Å².